The van der Waals surface area contributed by atoms with Crippen LogP contribution in [0.15, 0.2) is 24.3 Å². The van der Waals surface area contributed by atoms with E-state index in [2.05, 4.69) is 10.6 Å². The highest BCUT2D eigenvalue weighted by Gasteiger charge is 2.28. The molecule has 1 atom stereocenters. The summed E-state index contributed by atoms with van der Waals surface area (Å²) >= 11 is 0. The molecule has 1 aliphatic rings. The lowest BCUT2D eigenvalue weighted by Gasteiger charge is -2.35. The summed E-state index contributed by atoms with van der Waals surface area (Å²) in [7, 11) is 0. The van der Waals surface area contributed by atoms with E-state index in [1.54, 1.807) is 0 Å². The second-order valence-corrected chi connectivity index (χ2v) is 5.68. The van der Waals surface area contributed by atoms with Gasteiger partial charge in [0.05, 0.1) is 0 Å². The normalized spacial score (nSPS) is 17.5. The maximum absolute atomic E-state index is 12.8. The summed E-state index contributed by atoms with van der Waals surface area (Å²) in [6, 6.07) is 4.78. The van der Waals surface area contributed by atoms with Crippen molar-refractivity contribution in [1.29, 1.82) is 0 Å². The minimum absolute atomic E-state index is 0.0120. The fourth-order valence-electron chi connectivity index (χ4n) is 2.83. The van der Waals surface area contributed by atoms with Gasteiger partial charge in [0.1, 0.15) is 11.9 Å². The van der Waals surface area contributed by atoms with Gasteiger partial charge in [0.2, 0.25) is 0 Å². The van der Waals surface area contributed by atoms with E-state index >= 15 is 0 Å². The number of benzene rings is 1. The van der Waals surface area contributed by atoms with E-state index in [0.29, 0.717) is 38.0 Å². The van der Waals surface area contributed by atoms with Gasteiger partial charge in [-0.1, -0.05) is 6.92 Å². The molecule has 1 aromatic rings. The Morgan fingerprint density at radius 3 is 2.43 bits per heavy atom. The Labute approximate surface area is 134 Å². The molecule has 23 heavy (non-hydrogen) atoms. The van der Waals surface area contributed by atoms with Crippen LogP contribution in [-0.2, 0) is 4.79 Å². The number of carboxylic acid groups (broad SMARTS) is 1. The van der Waals surface area contributed by atoms with Crippen LogP contribution in [0.5, 0.6) is 0 Å². The first kappa shape index (κ1) is 17.2. The van der Waals surface area contributed by atoms with E-state index in [9.17, 15) is 19.1 Å². The molecule has 126 valence electrons. The van der Waals surface area contributed by atoms with Crippen LogP contribution in [0.2, 0.25) is 0 Å². The van der Waals surface area contributed by atoms with E-state index in [1.807, 2.05) is 11.8 Å². The number of hydrogen-bond acceptors (Lipinski definition) is 3. The Kier molecular flexibility index (Phi) is 5.92. The van der Waals surface area contributed by atoms with Crippen LogP contribution in [0, 0.1) is 5.82 Å². The van der Waals surface area contributed by atoms with Gasteiger partial charge in [-0.05, 0) is 43.5 Å². The quantitative estimate of drug-likeness (QED) is 0.776. The van der Waals surface area contributed by atoms with Crippen molar-refractivity contribution in [3.8, 4) is 0 Å². The number of piperidine rings is 1. The Bertz CT molecular complexity index is 542. The molecule has 0 aromatic heterocycles. The molecule has 1 aliphatic heterocycles. The van der Waals surface area contributed by atoms with Gasteiger partial charge in [-0.25, -0.2) is 9.18 Å². The van der Waals surface area contributed by atoms with Crippen molar-refractivity contribution in [3.63, 3.8) is 0 Å². The number of amides is 2. The third-order valence-corrected chi connectivity index (χ3v) is 4.08. The number of urea groups is 1. The zero-order chi connectivity index (χ0) is 16.8. The molecule has 0 radical (unpaired) electrons. The third-order valence-electron chi connectivity index (χ3n) is 4.08. The average Bonchev–Trinajstić information content (AvgIpc) is 2.51. The minimum atomic E-state index is -0.798. The van der Waals surface area contributed by atoms with Gasteiger partial charge in [-0.15, -0.1) is 0 Å². The van der Waals surface area contributed by atoms with Crippen molar-refractivity contribution in [3.05, 3.63) is 30.1 Å². The summed E-state index contributed by atoms with van der Waals surface area (Å²) in [5.74, 6) is -1.15. The zero-order valence-electron chi connectivity index (χ0n) is 13.1. The van der Waals surface area contributed by atoms with Crippen LogP contribution < -0.4 is 10.6 Å². The zero-order valence-corrected chi connectivity index (χ0v) is 13.1. The van der Waals surface area contributed by atoms with Gasteiger partial charge in [-0.2, -0.15) is 0 Å². The maximum Gasteiger partial charge on any atom is 0.320 e. The van der Waals surface area contributed by atoms with Crippen molar-refractivity contribution in [2.24, 2.45) is 0 Å². The molecular formula is C16H22FN3O3. The van der Waals surface area contributed by atoms with E-state index < -0.39 is 12.0 Å². The van der Waals surface area contributed by atoms with Crippen LogP contribution in [0.1, 0.15) is 26.2 Å². The van der Waals surface area contributed by atoms with Crippen LogP contribution in [0.3, 0.4) is 0 Å². The Morgan fingerprint density at radius 2 is 1.91 bits per heavy atom. The number of anilines is 1. The number of likely N-dealkylation sites (tertiary alicyclic amines) is 1. The van der Waals surface area contributed by atoms with Gasteiger partial charge in [0, 0.05) is 24.8 Å². The smallest absolute Gasteiger partial charge is 0.320 e. The number of rotatable bonds is 5. The van der Waals surface area contributed by atoms with Crippen molar-refractivity contribution in [1.82, 2.24) is 10.2 Å². The summed E-state index contributed by atoms with van der Waals surface area (Å²) in [5, 5.41) is 14.7. The molecule has 6 nitrogen and oxygen atoms in total. The van der Waals surface area contributed by atoms with Gasteiger partial charge in [0.25, 0.3) is 0 Å². The van der Waals surface area contributed by atoms with Crippen LogP contribution in [0.25, 0.3) is 0 Å². The van der Waals surface area contributed by atoms with Gasteiger partial charge in [0.15, 0.2) is 0 Å². The van der Waals surface area contributed by atoms with E-state index in [1.165, 1.54) is 24.3 Å². The predicted molar refractivity (Wildman–Crippen MR) is 84.9 cm³/mol. The highest BCUT2D eigenvalue weighted by atomic mass is 19.1. The molecule has 7 heteroatoms. The third kappa shape index (κ3) is 4.92. The molecule has 1 saturated heterocycles. The van der Waals surface area contributed by atoms with Gasteiger partial charge < -0.3 is 15.7 Å². The molecule has 2 rings (SSSR count). The first-order valence-corrected chi connectivity index (χ1v) is 7.79. The molecule has 2 amide bonds. The Morgan fingerprint density at radius 1 is 1.30 bits per heavy atom. The molecule has 1 fully saturated rings. The average molecular weight is 323 g/mol. The van der Waals surface area contributed by atoms with Crippen LogP contribution in [0.4, 0.5) is 14.9 Å². The summed E-state index contributed by atoms with van der Waals surface area (Å²) in [6.45, 7) is 3.15. The van der Waals surface area contributed by atoms with E-state index in [-0.39, 0.29) is 17.9 Å². The number of hydrogen-bond donors (Lipinski definition) is 3. The molecule has 0 aliphatic carbocycles. The fraction of sp³-hybridized carbons (Fsp3) is 0.500. The maximum atomic E-state index is 12.8. The SMILES string of the molecule is CCC(C(=O)O)N1CCC(NC(=O)Nc2ccc(F)cc2)CC1. The number of carbonyl (C=O) groups excluding carboxylic acids is 1. The van der Waals surface area contributed by atoms with Crippen molar-refractivity contribution in [2.75, 3.05) is 18.4 Å². The van der Waals surface area contributed by atoms with Gasteiger partial charge in [-0.3, -0.25) is 9.69 Å². The molecule has 0 bridgehead atoms. The Balaban J connectivity index is 1.78. The number of aliphatic carboxylic acids is 1. The first-order chi connectivity index (χ1) is 11.0. The lowest BCUT2D eigenvalue weighted by molar-refractivity contribution is -0.143. The molecule has 1 aromatic carbocycles. The predicted octanol–water partition coefficient (Wildman–Crippen LogP) is 2.27. The van der Waals surface area contributed by atoms with Crippen molar-refractivity contribution < 1.29 is 19.1 Å². The molecular weight excluding hydrogens is 301 g/mol. The lowest BCUT2D eigenvalue weighted by atomic mass is 10.0. The largest absolute Gasteiger partial charge is 0.480 e. The topological polar surface area (TPSA) is 81.7 Å². The number of nitrogens with zero attached hydrogens (tertiary/aromatic N) is 1. The number of halogens is 1. The molecule has 0 spiro atoms. The number of carboxylic acids is 1. The van der Waals surface area contributed by atoms with Crippen LogP contribution >= 0.6 is 0 Å². The minimum Gasteiger partial charge on any atom is -0.480 e. The highest BCUT2D eigenvalue weighted by Crippen LogP contribution is 2.16. The Hall–Kier alpha value is -2.15. The molecule has 1 unspecified atom stereocenters. The summed E-state index contributed by atoms with van der Waals surface area (Å²) in [4.78, 5) is 25.0. The molecule has 0 saturated carbocycles. The second kappa shape index (κ2) is 7.92. The monoisotopic (exact) mass is 323 g/mol. The standard InChI is InChI=1S/C16H22FN3O3/c1-2-14(15(21)22)20-9-7-13(8-10-20)19-16(23)18-12-5-3-11(17)4-6-12/h3-6,13-14H,2,7-10H2,1H3,(H,21,22)(H2,18,19,23). The van der Waals surface area contributed by atoms with Crippen molar-refractivity contribution in [2.45, 2.75) is 38.3 Å². The molecule has 1 heterocycles. The number of carbonyl (C=O) groups is 2. The fourth-order valence-corrected chi connectivity index (χ4v) is 2.83. The summed E-state index contributed by atoms with van der Waals surface area (Å²) in [5.41, 5.74) is 0.526. The lowest BCUT2D eigenvalue weighted by Crippen LogP contribution is -2.50. The highest BCUT2D eigenvalue weighted by molar-refractivity contribution is 5.89. The van der Waals surface area contributed by atoms with E-state index in [0.717, 1.165) is 0 Å². The first-order valence-electron chi connectivity index (χ1n) is 7.79. The van der Waals surface area contributed by atoms with Gasteiger partial charge >= 0.3 is 12.0 Å². The number of nitrogens with one attached hydrogen (secondary N) is 2. The summed E-state index contributed by atoms with van der Waals surface area (Å²) in [6.07, 6.45) is 1.99. The summed E-state index contributed by atoms with van der Waals surface area (Å²) < 4.78 is 12.8. The second-order valence-electron chi connectivity index (χ2n) is 5.68. The van der Waals surface area contributed by atoms with E-state index in [4.69, 9.17) is 0 Å². The van der Waals surface area contributed by atoms with Crippen LogP contribution in [-0.4, -0.2) is 47.2 Å². The molecule has 3 N–H and O–H groups in total. The van der Waals surface area contributed by atoms with Crippen molar-refractivity contribution >= 4 is 17.7 Å².